The van der Waals surface area contributed by atoms with Gasteiger partial charge in [-0.05, 0) is 37.3 Å². The Bertz CT molecular complexity index is 1070. The third-order valence-electron chi connectivity index (χ3n) is 3.74. The maximum absolute atomic E-state index is 12.9. The van der Waals surface area contributed by atoms with Gasteiger partial charge < -0.3 is 16.9 Å². The summed E-state index contributed by atoms with van der Waals surface area (Å²) >= 11 is 5.90. The highest BCUT2D eigenvalue weighted by molar-refractivity contribution is 6.30. The van der Waals surface area contributed by atoms with E-state index in [0.717, 1.165) is 5.56 Å². The number of hydrogen-bond acceptors (Lipinski definition) is 2. The summed E-state index contributed by atoms with van der Waals surface area (Å²) in [7, 11) is 0. The number of aromatic nitrogens is 1. The lowest BCUT2D eigenvalue weighted by Gasteiger charge is -2.11. The zero-order valence-electron chi connectivity index (χ0n) is 14.3. The summed E-state index contributed by atoms with van der Waals surface area (Å²) in [6.45, 7) is 1.87. The van der Waals surface area contributed by atoms with Crippen LogP contribution in [0.15, 0.2) is 58.4 Å². The Balaban J connectivity index is 0.00000182. The van der Waals surface area contributed by atoms with Crippen LogP contribution in [0.4, 0.5) is 0 Å². The van der Waals surface area contributed by atoms with E-state index in [1.54, 1.807) is 36.4 Å². The number of aryl methyl sites for hydroxylation is 1. The summed E-state index contributed by atoms with van der Waals surface area (Å²) < 4.78 is 1.38. The van der Waals surface area contributed by atoms with Gasteiger partial charge >= 0.3 is 0 Å². The minimum atomic E-state index is -0.613. The second kappa shape index (κ2) is 8.68. The molecule has 6 N–H and O–H groups in total. The summed E-state index contributed by atoms with van der Waals surface area (Å²) in [6.07, 6.45) is 1.45. The van der Waals surface area contributed by atoms with Crippen LogP contribution in [-0.2, 0) is 0 Å². The molecule has 0 fully saturated rings. The van der Waals surface area contributed by atoms with Crippen LogP contribution in [0.5, 0.6) is 0 Å². The average molecular weight is 409 g/mol. The first kappa shape index (κ1) is 22.2. The number of hydrogen-bond donors (Lipinski definition) is 2. The van der Waals surface area contributed by atoms with Crippen molar-refractivity contribution in [1.29, 1.82) is 0 Å². The van der Waals surface area contributed by atoms with Crippen LogP contribution in [0.25, 0.3) is 16.5 Å². The number of nitrogens with two attached hydrogens (primary N) is 2. The van der Waals surface area contributed by atoms with Crippen LogP contribution < -0.4 is 17.0 Å². The first-order valence-electron chi connectivity index (χ1n) is 7.43. The Morgan fingerprint density at radius 1 is 1.07 bits per heavy atom. The fraction of sp³-hybridized carbons (Fsp3) is 0.0556. The molecule has 0 spiro atoms. The van der Waals surface area contributed by atoms with Gasteiger partial charge in [0.15, 0.2) is 5.96 Å². The number of carbonyl (C=O) groups excluding carboxylic acids is 1. The summed E-state index contributed by atoms with van der Waals surface area (Å²) in [6, 6.07) is 12.0. The number of halogens is 2. The lowest BCUT2D eigenvalue weighted by Crippen LogP contribution is -2.25. The van der Waals surface area contributed by atoms with E-state index in [1.807, 2.05) is 13.0 Å². The van der Waals surface area contributed by atoms with Gasteiger partial charge in [0.25, 0.3) is 11.5 Å². The molecule has 0 aliphatic carbocycles. The van der Waals surface area contributed by atoms with Crippen LogP contribution in [0.1, 0.15) is 15.9 Å². The molecule has 0 unspecified atom stereocenters. The van der Waals surface area contributed by atoms with Gasteiger partial charge in [-0.1, -0.05) is 29.3 Å². The molecule has 1 heterocycles. The van der Waals surface area contributed by atoms with Gasteiger partial charge in [0.2, 0.25) is 0 Å². The molecule has 0 bridgehead atoms. The lowest BCUT2D eigenvalue weighted by molar-refractivity contribution is 0.100. The van der Waals surface area contributed by atoms with Gasteiger partial charge in [0.05, 0.1) is 5.56 Å². The number of rotatable bonds is 2. The molecule has 1 aromatic heterocycles. The van der Waals surface area contributed by atoms with Crippen molar-refractivity contribution in [3.05, 3.63) is 75.2 Å². The molecule has 27 heavy (non-hydrogen) atoms. The fourth-order valence-corrected chi connectivity index (χ4v) is 2.72. The molecule has 142 valence electrons. The molecule has 0 saturated heterocycles. The number of aliphatic imine (C=N–C) groups is 1. The molecule has 9 heteroatoms. The third-order valence-corrected chi connectivity index (χ3v) is 3.99. The van der Waals surface area contributed by atoms with E-state index in [4.69, 9.17) is 23.1 Å². The van der Waals surface area contributed by atoms with Crippen molar-refractivity contribution >= 4 is 46.6 Å². The highest BCUT2D eigenvalue weighted by atomic mass is 35.5. The van der Waals surface area contributed by atoms with Crippen molar-refractivity contribution in [1.82, 2.24) is 4.57 Å². The van der Waals surface area contributed by atoms with Gasteiger partial charge in [-0.15, -0.1) is 12.4 Å². The first-order valence-corrected chi connectivity index (χ1v) is 7.80. The quantitative estimate of drug-likeness (QED) is 0.494. The predicted molar refractivity (Wildman–Crippen MR) is 110 cm³/mol. The second-order valence-electron chi connectivity index (χ2n) is 5.59. The maximum atomic E-state index is 12.9. The van der Waals surface area contributed by atoms with Crippen LogP contribution in [0, 0.1) is 6.92 Å². The van der Waals surface area contributed by atoms with E-state index in [0.29, 0.717) is 21.5 Å². The number of fused-ring (bicyclic) bond motifs is 1. The van der Waals surface area contributed by atoms with Gasteiger partial charge in [-0.3, -0.25) is 14.2 Å². The second-order valence-corrected chi connectivity index (χ2v) is 6.02. The lowest BCUT2D eigenvalue weighted by atomic mass is 10.0. The van der Waals surface area contributed by atoms with E-state index in [9.17, 15) is 9.59 Å². The zero-order valence-corrected chi connectivity index (χ0v) is 15.8. The van der Waals surface area contributed by atoms with Gasteiger partial charge in [0, 0.05) is 27.7 Å². The molecular formula is C18H18Cl2N4O3. The van der Waals surface area contributed by atoms with E-state index in [1.165, 1.54) is 10.8 Å². The normalized spacial score (nSPS) is 9.85. The molecule has 0 atom stereocenters. The highest BCUT2D eigenvalue weighted by Gasteiger charge is 2.16. The molecule has 0 radical (unpaired) electrons. The Hall–Kier alpha value is -2.87. The van der Waals surface area contributed by atoms with E-state index >= 15 is 0 Å². The minimum absolute atomic E-state index is 0. The van der Waals surface area contributed by atoms with Gasteiger partial charge in [-0.25, -0.2) is 0 Å². The number of benzene rings is 2. The predicted octanol–water partition coefficient (Wildman–Crippen LogP) is 1.96. The third kappa shape index (κ3) is 4.46. The van der Waals surface area contributed by atoms with Gasteiger partial charge in [-0.2, -0.15) is 4.99 Å². The minimum Gasteiger partial charge on any atom is -0.412 e. The molecule has 3 rings (SSSR count). The van der Waals surface area contributed by atoms with E-state index < -0.39 is 5.91 Å². The fourth-order valence-electron chi connectivity index (χ4n) is 2.60. The van der Waals surface area contributed by atoms with Crippen LogP contribution in [-0.4, -0.2) is 21.9 Å². The summed E-state index contributed by atoms with van der Waals surface area (Å²) in [5, 5.41) is 1.45. The number of amides is 1. The Morgan fingerprint density at radius 2 is 1.70 bits per heavy atom. The molecule has 0 saturated carbocycles. The molecule has 3 aromatic rings. The largest absolute Gasteiger partial charge is 0.412 e. The molecule has 0 aliphatic rings. The molecule has 0 aliphatic heterocycles. The van der Waals surface area contributed by atoms with Crippen molar-refractivity contribution in [3.63, 3.8) is 0 Å². The molecule has 2 aromatic carbocycles. The van der Waals surface area contributed by atoms with E-state index in [2.05, 4.69) is 4.99 Å². The van der Waals surface area contributed by atoms with Gasteiger partial charge in [0.1, 0.15) is 0 Å². The Morgan fingerprint density at radius 3 is 2.30 bits per heavy atom. The van der Waals surface area contributed by atoms with Crippen molar-refractivity contribution in [2.24, 2.45) is 16.5 Å². The average Bonchev–Trinajstić information content (AvgIpc) is 2.55. The first-order chi connectivity index (χ1) is 11.9. The van der Waals surface area contributed by atoms with Crippen molar-refractivity contribution in [2.45, 2.75) is 6.92 Å². The smallest absolute Gasteiger partial charge is 0.282 e. The summed E-state index contributed by atoms with van der Waals surface area (Å²) in [5.74, 6) is -0.951. The van der Waals surface area contributed by atoms with E-state index in [-0.39, 0.29) is 35.0 Å². The molecular weight excluding hydrogens is 391 g/mol. The maximum Gasteiger partial charge on any atom is 0.282 e. The number of pyridine rings is 1. The van der Waals surface area contributed by atoms with Crippen molar-refractivity contribution in [2.75, 3.05) is 0 Å². The van der Waals surface area contributed by atoms with Crippen LogP contribution >= 0.6 is 24.0 Å². The van der Waals surface area contributed by atoms with Crippen LogP contribution in [0.2, 0.25) is 5.02 Å². The standard InChI is InChI=1S/C18H15ClN4O2.ClH.H2O/c1-10-2-7-13-14(8-10)15(16(24)22-18(20)21)9-23(17(13)25)12-5-3-11(19)4-6-12;;/h2-9H,1H3,(H4,20,21,22,24);1H;1H2. The SMILES string of the molecule is Cc1ccc2c(=O)n(-c3ccc(Cl)cc3)cc(C(=O)N=C(N)N)c2c1.Cl.O. The van der Waals surface area contributed by atoms with Crippen molar-refractivity contribution < 1.29 is 10.3 Å². The number of nitrogens with zero attached hydrogens (tertiary/aromatic N) is 2. The van der Waals surface area contributed by atoms with Crippen LogP contribution in [0.3, 0.4) is 0 Å². The number of carbonyl (C=O) groups is 1. The zero-order chi connectivity index (χ0) is 18.1. The highest BCUT2D eigenvalue weighted by Crippen LogP contribution is 2.21. The van der Waals surface area contributed by atoms with Crippen molar-refractivity contribution in [3.8, 4) is 5.69 Å². The monoisotopic (exact) mass is 408 g/mol. The summed E-state index contributed by atoms with van der Waals surface area (Å²) in [5.41, 5.74) is 12.1. The molecule has 1 amide bonds. The number of guanidine groups is 1. The summed E-state index contributed by atoms with van der Waals surface area (Å²) in [4.78, 5) is 28.9. The topological polar surface area (TPSA) is 135 Å². The Kier molecular flexibility index (Phi) is 7.13. The molecule has 7 nitrogen and oxygen atoms in total. The Labute approximate surface area is 166 Å².